The molecule has 0 aliphatic rings. The van der Waals surface area contributed by atoms with E-state index in [1.54, 1.807) is 26.2 Å². The van der Waals surface area contributed by atoms with Crippen LogP contribution in [0.15, 0.2) is 41.2 Å². The fraction of sp³-hybridized carbons (Fsp3) is 0.375. The number of halogens is 1. The van der Waals surface area contributed by atoms with Gasteiger partial charge in [-0.05, 0) is 44.7 Å². The van der Waals surface area contributed by atoms with Crippen LogP contribution in [0.4, 0.5) is 10.2 Å². The number of ether oxygens (including phenoxy) is 2. The third kappa shape index (κ3) is 6.29. The molecule has 0 saturated carbocycles. The van der Waals surface area contributed by atoms with Crippen molar-refractivity contribution in [1.29, 1.82) is 0 Å². The number of hydrogen-bond donors (Lipinski definition) is 3. The number of carbonyl (C=O) groups is 1. The minimum Gasteiger partial charge on any atom is -0.482 e. The molecule has 178 valence electrons. The maximum absolute atomic E-state index is 13.9. The van der Waals surface area contributed by atoms with Crippen molar-refractivity contribution >= 4 is 23.1 Å². The third-order valence-electron chi connectivity index (χ3n) is 5.18. The van der Waals surface area contributed by atoms with Crippen LogP contribution in [0.1, 0.15) is 48.4 Å². The Kier molecular flexibility index (Phi) is 9.35. The van der Waals surface area contributed by atoms with Gasteiger partial charge in [0.2, 0.25) is 0 Å². The zero-order valence-corrected chi connectivity index (χ0v) is 20.0. The predicted octanol–water partition coefficient (Wildman–Crippen LogP) is 3.36. The quantitative estimate of drug-likeness (QED) is 0.371. The number of methoxy groups -OCH3 is 1. The van der Waals surface area contributed by atoms with Crippen LogP contribution in [0.5, 0.6) is 5.75 Å². The van der Waals surface area contributed by atoms with Gasteiger partial charge in [0, 0.05) is 49.2 Å². The van der Waals surface area contributed by atoms with Gasteiger partial charge in [0.25, 0.3) is 0 Å². The number of nitrogens with one attached hydrogen (secondary N) is 2. The Morgan fingerprint density at radius 2 is 2.06 bits per heavy atom. The summed E-state index contributed by atoms with van der Waals surface area (Å²) in [7, 11) is 4.83. The number of nitrogens with two attached hydrogens (primary N) is 1. The molecule has 8 nitrogen and oxygen atoms in total. The van der Waals surface area contributed by atoms with E-state index in [-0.39, 0.29) is 11.4 Å². The molecule has 1 aromatic carbocycles. The van der Waals surface area contributed by atoms with Crippen molar-refractivity contribution in [1.82, 2.24) is 15.6 Å². The molecule has 1 atom stereocenters. The van der Waals surface area contributed by atoms with Crippen molar-refractivity contribution in [3.8, 4) is 5.75 Å². The number of benzene rings is 1. The van der Waals surface area contributed by atoms with Gasteiger partial charge in [0.1, 0.15) is 11.9 Å². The number of pyridine rings is 1. The van der Waals surface area contributed by atoms with Gasteiger partial charge in [-0.2, -0.15) is 0 Å². The number of aromatic nitrogens is 1. The molecule has 4 N–H and O–H groups in total. The van der Waals surface area contributed by atoms with E-state index in [0.717, 1.165) is 29.1 Å². The molecule has 2 aromatic rings. The lowest BCUT2D eigenvalue weighted by molar-refractivity contribution is 0.0595. The third-order valence-corrected chi connectivity index (χ3v) is 5.18. The highest BCUT2D eigenvalue weighted by Gasteiger charge is 2.21. The Morgan fingerprint density at radius 1 is 1.33 bits per heavy atom. The molecule has 0 aliphatic heterocycles. The lowest BCUT2D eigenvalue weighted by atomic mass is 9.99. The second-order valence-corrected chi connectivity index (χ2v) is 7.29. The fourth-order valence-corrected chi connectivity index (χ4v) is 3.35. The number of anilines is 1. The number of allylic oxidation sites excluding steroid dienone is 1. The fourth-order valence-electron chi connectivity index (χ4n) is 3.35. The largest absolute Gasteiger partial charge is 0.482 e. The van der Waals surface area contributed by atoms with Crippen LogP contribution in [0, 0.1) is 5.82 Å². The molecule has 33 heavy (non-hydrogen) atoms. The number of nitrogen functional groups attached to an aromatic ring is 1. The standard InChI is InChI=1S/C24H32FN5O3/c1-7-29-13-20(28-5)22(14(2)27-4)16-10-21(23(26)30-12-16)33-15(3)19-11-17(25)8-9-18(19)24(31)32-6/h8-12,15,27,29H,7,13H2,1-6H3,(H2,26,30). The molecule has 0 amide bonds. The normalized spacial score (nSPS) is 13.2. The summed E-state index contributed by atoms with van der Waals surface area (Å²) >= 11 is 0. The number of rotatable bonds is 10. The topological polar surface area (TPSA) is 111 Å². The average molecular weight is 458 g/mol. The van der Waals surface area contributed by atoms with Crippen molar-refractivity contribution < 1.29 is 18.7 Å². The molecule has 2 rings (SSSR count). The summed E-state index contributed by atoms with van der Waals surface area (Å²) in [6.07, 6.45) is 0.954. The minimum atomic E-state index is -0.701. The first-order valence-corrected chi connectivity index (χ1v) is 10.6. The summed E-state index contributed by atoms with van der Waals surface area (Å²) in [6, 6.07) is 5.59. The molecule has 0 saturated heterocycles. The van der Waals surface area contributed by atoms with Crippen LogP contribution in [-0.4, -0.2) is 51.0 Å². The van der Waals surface area contributed by atoms with Crippen LogP contribution in [0.2, 0.25) is 0 Å². The van der Waals surface area contributed by atoms with Crippen molar-refractivity contribution in [2.45, 2.75) is 26.9 Å². The highest BCUT2D eigenvalue weighted by atomic mass is 19.1. The molecule has 1 heterocycles. The van der Waals surface area contributed by atoms with Crippen LogP contribution in [-0.2, 0) is 4.74 Å². The van der Waals surface area contributed by atoms with Crippen molar-refractivity contribution in [2.24, 2.45) is 4.99 Å². The predicted molar refractivity (Wildman–Crippen MR) is 129 cm³/mol. The smallest absolute Gasteiger partial charge is 0.338 e. The minimum absolute atomic E-state index is 0.171. The van der Waals surface area contributed by atoms with E-state index in [9.17, 15) is 9.18 Å². The van der Waals surface area contributed by atoms with Gasteiger partial charge >= 0.3 is 5.97 Å². The molecule has 1 unspecified atom stereocenters. The second-order valence-electron chi connectivity index (χ2n) is 7.29. The molecule has 0 bridgehead atoms. The summed E-state index contributed by atoms with van der Waals surface area (Å²) in [5.74, 6) is -0.595. The van der Waals surface area contributed by atoms with Crippen LogP contribution >= 0.6 is 0 Å². The van der Waals surface area contributed by atoms with E-state index in [4.69, 9.17) is 15.2 Å². The SMILES string of the molecule is CCNCC(=NC)C(=C(C)NC)c1cnc(N)c(OC(C)c2cc(F)ccc2C(=O)OC)c1. The lowest BCUT2D eigenvalue weighted by Crippen LogP contribution is -2.25. The van der Waals surface area contributed by atoms with Crippen LogP contribution in [0.3, 0.4) is 0 Å². The van der Waals surface area contributed by atoms with Crippen LogP contribution in [0.25, 0.3) is 5.57 Å². The molecule has 0 aliphatic carbocycles. The summed E-state index contributed by atoms with van der Waals surface area (Å²) in [5.41, 5.74) is 10.0. The lowest BCUT2D eigenvalue weighted by Gasteiger charge is -2.20. The first kappa shape index (κ1) is 25.8. The van der Waals surface area contributed by atoms with E-state index < -0.39 is 17.9 Å². The maximum atomic E-state index is 13.9. The zero-order chi connectivity index (χ0) is 24.5. The van der Waals surface area contributed by atoms with Gasteiger partial charge < -0.3 is 25.8 Å². The zero-order valence-electron chi connectivity index (χ0n) is 20.0. The van der Waals surface area contributed by atoms with E-state index in [2.05, 4.69) is 20.6 Å². The molecular weight excluding hydrogens is 425 g/mol. The Morgan fingerprint density at radius 3 is 2.67 bits per heavy atom. The van der Waals surface area contributed by atoms with Gasteiger partial charge in [-0.15, -0.1) is 0 Å². The van der Waals surface area contributed by atoms with E-state index in [1.807, 2.05) is 20.9 Å². The number of esters is 1. The Balaban J connectivity index is 2.49. The molecule has 9 heteroatoms. The van der Waals surface area contributed by atoms with Crippen molar-refractivity contribution in [3.63, 3.8) is 0 Å². The Bertz CT molecular complexity index is 1050. The first-order valence-electron chi connectivity index (χ1n) is 10.6. The molecule has 0 fully saturated rings. The Labute approximate surface area is 194 Å². The van der Waals surface area contributed by atoms with Gasteiger partial charge in [0.15, 0.2) is 11.6 Å². The molecule has 0 spiro atoms. The van der Waals surface area contributed by atoms with Gasteiger partial charge in [-0.25, -0.2) is 14.2 Å². The van der Waals surface area contributed by atoms with Crippen LogP contribution < -0.4 is 21.1 Å². The summed E-state index contributed by atoms with van der Waals surface area (Å²) in [4.78, 5) is 20.9. The molecular formula is C24H32FN5O3. The van der Waals surface area contributed by atoms with Crippen molar-refractivity contribution in [2.75, 3.05) is 40.0 Å². The Hall–Kier alpha value is -3.46. The molecule has 0 radical (unpaired) electrons. The average Bonchev–Trinajstić information content (AvgIpc) is 2.82. The summed E-state index contributed by atoms with van der Waals surface area (Å²) in [6.45, 7) is 7.04. The highest BCUT2D eigenvalue weighted by molar-refractivity contribution is 6.25. The first-order chi connectivity index (χ1) is 15.8. The van der Waals surface area contributed by atoms with Gasteiger partial charge in [-0.1, -0.05) is 6.92 Å². The number of nitrogens with zero attached hydrogens (tertiary/aromatic N) is 2. The second kappa shape index (κ2) is 12.0. The van der Waals surface area contributed by atoms with Gasteiger partial charge in [-0.3, -0.25) is 4.99 Å². The number of hydrogen-bond acceptors (Lipinski definition) is 8. The van der Waals surface area contributed by atoms with E-state index in [0.29, 0.717) is 17.9 Å². The summed E-state index contributed by atoms with van der Waals surface area (Å²) < 4.78 is 24.8. The maximum Gasteiger partial charge on any atom is 0.338 e. The number of carbonyl (C=O) groups excluding carboxylic acids is 1. The van der Waals surface area contributed by atoms with E-state index >= 15 is 0 Å². The van der Waals surface area contributed by atoms with Gasteiger partial charge in [0.05, 0.1) is 18.4 Å². The van der Waals surface area contributed by atoms with E-state index in [1.165, 1.54) is 25.3 Å². The van der Waals surface area contributed by atoms with Crippen molar-refractivity contribution in [3.05, 3.63) is 58.7 Å². The number of aliphatic imine (C=N–C) groups is 1. The summed E-state index contributed by atoms with van der Waals surface area (Å²) in [5, 5.41) is 6.45. The molecule has 1 aromatic heterocycles. The monoisotopic (exact) mass is 457 g/mol. The highest BCUT2D eigenvalue weighted by Crippen LogP contribution is 2.31.